The van der Waals surface area contributed by atoms with Gasteiger partial charge in [-0.05, 0) is 44.2 Å². The molecule has 0 aromatic heterocycles. The first-order valence-electron chi connectivity index (χ1n) is 5.16. The van der Waals surface area contributed by atoms with Gasteiger partial charge < -0.3 is 5.11 Å². The van der Waals surface area contributed by atoms with Gasteiger partial charge in [0, 0.05) is 12.6 Å². The van der Waals surface area contributed by atoms with Crippen molar-refractivity contribution >= 4 is 0 Å². The molecule has 0 aromatic rings. The summed E-state index contributed by atoms with van der Waals surface area (Å²) in [6.07, 6.45) is 3.95. The Kier molecular flexibility index (Phi) is 2.37. The van der Waals surface area contributed by atoms with Crippen LogP contribution in [0.4, 0.5) is 0 Å². The number of piperidine rings is 1. The summed E-state index contributed by atoms with van der Waals surface area (Å²) in [6, 6.07) is 0.738. The minimum absolute atomic E-state index is 0.400. The number of hydrogen-bond donors (Lipinski definition) is 1. The van der Waals surface area contributed by atoms with Crippen molar-refractivity contribution in [3.63, 3.8) is 0 Å². The largest absolute Gasteiger partial charge is 0.396 e. The van der Waals surface area contributed by atoms with Gasteiger partial charge in [0.15, 0.2) is 0 Å². The Morgan fingerprint density at radius 1 is 1.33 bits per heavy atom. The standard InChI is InChI=1S/C10H19NO/c1-8-2-4-11(5-3-8)10-6-9(10)7-12/h8-10,12H,2-7H2,1H3. The minimum Gasteiger partial charge on any atom is -0.396 e. The maximum absolute atomic E-state index is 8.93. The van der Waals surface area contributed by atoms with E-state index in [2.05, 4.69) is 11.8 Å². The third-order valence-corrected chi connectivity index (χ3v) is 3.41. The van der Waals surface area contributed by atoms with Gasteiger partial charge in [0.1, 0.15) is 0 Å². The number of rotatable bonds is 2. The number of aliphatic hydroxyl groups excluding tert-OH is 1. The van der Waals surface area contributed by atoms with Crippen molar-refractivity contribution in [3.8, 4) is 0 Å². The second-order valence-electron chi connectivity index (χ2n) is 4.46. The Morgan fingerprint density at radius 2 is 2.00 bits per heavy atom. The van der Waals surface area contributed by atoms with Gasteiger partial charge in [0.25, 0.3) is 0 Å². The zero-order chi connectivity index (χ0) is 8.55. The van der Waals surface area contributed by atoms with Gasteiger partial charge in [-0.2, -0.15) is 0 Å². The Morgan fingerprint density at radius 3 is 2.50 bits per heavy atom. The highest BCUT2D eigenvalue weighted by molar-refractivity contribution is 4.95. The zero-order valence-corrected chi connectivity index (χ0v) is 7.87. The molecule has 2 rings (SSSR count). The minimum atomic E-state index is 0.400. The van der Waals surface area contributed by atoms with Crippen molar-refractivity contribution in [2.24, 2.45) is 11.8 Å². The van der Waals surface area contributed by atoms with Crippen LogP contribution >= 0.6 is 0 Å². The lowest BCUT2D eigenvalue weighted by Crippen LogP contribution is -2.35. The summed E-state index contributed by atoms with van der Waals surface area (Å²) in [5.74, 6) is 1.53. The molecule has 0 bridgehead atoms. The summed E-state index contributed by atoms with van der Waals surface area (Å²) in [5, 5.41) is 8.93. The number of nitrogens with zero attached hydrogens (tertiary/aromatic N) is 1. The van der Waals surface area contributed by atoms with Crippen molar-refractivity contribution in [3.05, 3.63) is 0 Å². The van der Waals surface area contributed by atoms with Crippen LogP contribution in [0.25, 0.3) is 0 Å². The van der Waals surface area contributed by atoms with E-state index in [1.807, 2.05) is 0 Å². The SMILES string of the molecule is CC1CCN(C2CC2CO)CC1. The molecule has 2 atom stereocenters. The molecule has 1 aliphatic carbocycles. The molecule has 2 heteroatoms. The highest BCUT2D eigenvalue weighted by atomic mass is 16.3. The predicted octanol–water partition coefficient (Wildman–Crippen LogP) is 1.10. The first kappa shape index (κ1) is 8.52. The Bertz CT molecular complexity index is 152. The van der Waals surface area contributed by atoms with Crippen LogP contribution in [0.15, 0.2) is 0 Å². The molecular formula is C10H19NO. The summed E-state index contributed by atoms with van der Waals surface area (Å²) in [7, 11) is 0. The molecule has 1 saturated carbocycles. The van der Waals surface area contributed by atoms with Crippen LogP contribution in [-0.4, -0.2) is 35.7 Å². The molecule has 12 heavy (non-hydrogen) atoms. The van der Waals surface area contributed by atoms with Gasteiger partial charge in [0.05, 0.1) is 0 Å². The molecule has 0 amide bonds. The molecular weight excluding hydrogens is 150 g/mol. The summed E-state index contributed by atoms with van der Waals surface area (Å²) in [5.41, 5.74) is 0. The molecule has 2 fully saturated rings. The fourth-order valence-corrected chi connectivity index (χ4v) is 2.24. The Hall–Kier alpha value is -0.0800. The van der Waals surface area contributed by atoms with E-state index in [9.17, 15) is 0 Å². The van der Waals surface area contributed by atoms with Crippen LogP contribution in [0.2, 0.25) is 0 Å². The van der Waals surface area contributed by atoms with Crippen LogP contribution in [0.1, 0.15) is 26.2 Å². The van der Waals surface area contributed by atoms with E-state index in [-0.39, 0.29) is 0 Å². The van der Waals surface area contributed by atoms with E-state index in [0.29, 0.717) is 12.5 Å². The monoisotopic (exact) mass is 169 g/mol. The average molecular weight is 169 g/mol. The van der Waals surface area contributed by atoms with Gasteiger partial charge >= 0.3 is 0 Å². The van der Waals surface area contributed by atoms with Gasteiger partial charge in [-0.15, -0.1) is 0 Å². The molecule has 0 spiro atoms. The molecule has 2 nitrogen and oxygen atoms in total. The lowest BCUT2D eigenvalue weighted by atomic mass is 9.99. The smallest absolute Gasteiger partial charge is 0.0474 e. The lowest BCUT2D eigenvalue weighted by molar-refractivity contribution is 0.164. The topological polar surface area (TPSA) is 23.5 Å². The molecule has 1 saturated heterocycles. The molecule has 0 radical (unpaired) electrons. The van der Waals surface area contributed by atoms with Crippen molar-refractivity contribution in [2.75, 3.05) is 19.7 Å². The third-order valence-electron chi connectivity index (χ3n) is 3.41. The second kappa shape index (κ2) is 3.35. The maximum Gasteiger partial charge on any atom is 0.0474 e. The lowest BCUT2D eigenvalue weighted by Gasteiger charge is -2.30. The Balaban J connectivity index is 1.76. The Labute approximate surface area is 74.6 Å². The maximum atomic E-state index is 8.93. The highest BCUT2D eigenvalue weighted by Crippen LogP contribution is 2.37. The fourth-order valence-electron chi connectivity index (χ4n) is 2.24. The van der Waals surface area contributed by atoms with Crippen molar-refractivity contribution in [2.45, 2.75) is 32.2 Å². The van der Waals surface area contributed by atoms with E-state index in [1.165, 1.54) is 32.4 Å². The van der Waals surface area contributed by atoms with Gasteiger partial charge in [-0.25, -0.2) is 0 Å². The molecule has 1 N–H and O–H groups in total. The van der Waals surface area contributed by atoms with E-state index < -0.39 is 0 Å². The number of hydrogen-bond acceptors (Lipinski definition) is 2. The molecule has 1 heterocycles. The fraction of sp³-hybridized carbons (Fsp3) is 1.00. The summed E-state index contributed by atoms with van der Waals surface area (Å²) >= 11 is 0. The van der Waals surface area contributed by atoms with Crippen LogP contribution < -0.4 is 0 Å². The summed E-state index contributed by atoms with van der Waals surface area (Å²) in [4.78, 5) is 2.57. The van der Waals surface area contributed by atoms with Crippen LogP contribution in [0.5, 0.6) is 0 Å². The zero-order valence-electron chi connectivity index (χ0n) is 7.87. The van der Waals surface area contributed by atoms with Crippen molar-refractivity contribution in [1.29, 1.82) is 0 Å². The van der Waals surface area contributed by atoms with Crippen LogP contribution in [0.3, 0.4) is 0 Å². The average Bonchev–Trinajstić information content (AvgIpc) is 2.85. The first-order valence-corrected chi connectivity index (χ1v) is 5.16. The van der Waals surface area contributed by atoms with E-state index in [1.54, 1.807) is 0 Å². The molecule has 1 aliphatic heterocycles. The van der Waals surface area contributed by atoms with E-state index in [4.69, 9.17) is 5.11 Å². The quantitative estimate of drug-likeness (QED) is 0.669. The number of likely N-dealkylation sites (tertiary alicyclic amines) is 1. The molecule has 2 unspecified atom stereocenters. The van der Waals surface area contributed by atoms with E-state index in [0.717, 1.165) is 12.0 Å². The normalized spacial score (nSPS) is 38.5. The van der Waals surface area contributed by atoms with Crippen LogP contribution in [-0.2, 0) is 0 Å². The van der Waals surface area contributed by atoms with Crippen molar-refractivity contribution < 1.29 is 5.11 Å². The third kappa shape index (κ3) is 1.64. The molecule has 0 aromatic carbocycles. The predicted molar refractivity (Wildman–Crippen MR) is 49.0 cm³/mol. The van der Waals surface area contributed by atoms with Crippen molar-refractivity contribution in [1.82, 2.24) is 4.90 Å². The summed E-state index contributed by atoms with van der Waals surface area (Å²) in [6.45, 7) is 5.27. The van der Waals surface area contributed by atoms with E-state index >= 15 is 0 Å². The number of aliphatic hydroxyl groups is 1. The van der Waals surface area contributed by atoms with Gasteiger partial charge in [-0.3, -0.25) is 4.90 Å². The van der Waals surface area contributed by atoms with Gasteiger partial charge in [-0.1, -0.05) is 6.92 Å². The van der Waals surface area contributed by atoms with Gasteiger partial charge in [0.2, 0.25) is 0 Å². The summed E-state index contributed by atoms with van der Waals surface area (Å²) < 4.78 is 0. The molecule has 2 aliphatic rings. The first-order chi connectivity index (χ1) is 5.81. The van der Waals surface area contributed by atoms with Crippen LogP contribution in [0, 0.1) is 11.8 Å². The second-order valence-corrected chi connectivity index (χ2v) is 4.46. The highest BCUT2D eigenvalue weighted by Gasteiger charge is 2.41. The molecule has 70 valence electrons.